The molecular weight excluding hydrogens is 325 g/mol. The van der Waals surface area contributed by atoms with Gasteiger partial charge in [-0.15, -0.1) is 10.2 Å². The molecule has 2 aromatic carbocycles. The molecule has 6 heteroatoms. The predicted molar refractivity (Wildman–Crippen MR) is 93.6 cm³/mol. The molecule has 0 saturated heterocycles. The summed E-state index contributed by atoms with van der Waals surface area (Å²) in [6.45, 7) is 1.94. The van der Waals surface area contributed by atoms with E-state index < -0.39 is 5.60 Å². The van der Waals surface area contributed by atoms with Crippen LogP contribution < -0.4 is 5.32 Å². The molecule has 3 rings (SSSR count). The van der Waals surface area contributed by atoms with E-state index in [1.165, 1.54) is 29.0 Å². The van der Waals surface area contributed by atoms with Crippen molar-refractivity contribution in [2.75, 3.05) is 11.9 Å². The summed E-state index contributed by atoms with van der Waals surface area (Å²) in [4.78, 5) is 0. The number of nitrogens with one attached hydrogen (secondary N) is 1. The molecule has 0 amide bonds. The SMILES string of the molecule is CC(O)(CNc1nnc(Cc2ccccc2)s1)c1ccc(F)cc1. The third kappa shape index (κ3) is 4.15. The zero-order valence-electron chi connectivity index (χ0n) is 13.2. The van der Waals surface area contributed by atoms with Crippen LogP contribution in [0.25, 0.3) is 0 Å². The molecule has 4 nitrogen and oxygen atoms in total. The summed E-state index contributed by atoms with van der Waals surface area (Å²) < 4.78 is 13.0. The van der Waals surface area contributed by atoms with Crippen molar-refractivity contribution in [1.82, 2.24) is 10.2 Å². The molecule has 0 aliphatic carbocycles. The number of aromatic nitrogens is 2. The van der Waals surface area contributed by atoms with E-state index in [4.69, 9.17) is 0 Å². The van der Waals surface area contributed by atoms with Gasteiger partial charge in [0.2, 0.25) is 5.13 Å². The summed E-state index contributed by atoms with van der Waals surface area (Å²) in [7, 11) is 0. The van der Waals surface area contributed by atoms with Crippen molar-refractivity contribution in [3.63, 3.8) is 0 Å². The van der Waals surface area contributed by atoms with E-state index in [-0.39, 0.29) is 12.4 Å². The molecule has 0 fully saturated rings. The fraction of sp³-hybridized carbons (Fsp3) is 0.222. The lowest BCUT2D eigenvalue weighted by atomic mass is 9.96. The van der Waals surface area contributed by atoms with E-state index in [1.807, 2.05) is 30.3 Å². The molecule has 1 aromatic heterocycles. The molecule has 0 aliphatic heterocycles. The fourth-order valence-electron chi connectivity index (χ4n) is 2.33. The Balaban J connectivity index is 1.61. The van der Waals surface area contributed by atoms with Crippen molar-refractivity contribution in [2.24, 2.45) is 0 Å². The van der Waals surface area contributed by atoms with Gasteiger partial charge in [-0.25, -0.2) is 4.39 Å². The van der Waals surface area contributed by atoms with Crippen molar-refractivity contribution in [3.05, 3.63) is 76.5 Å². The Morgan fingerprint density at radius 3 is 2.50 bits per heavy atom. The second kappa shape index (κ2) is 7.07. The first kappa shape index (κ1) is 16.5. The predicted octanol–water partition coefficient (Wildman–Crippen LogP) is 3.59. The van der Waals surface area contributed by atoms with E-state index in [1.54, 1.807) is 19.1 Å². The van der Waals surface area contributed by atoms with Crippen LogP contribution in [-0.2, 0) is 12.0 Å². The van der Waals surface area contributed by atoms with E-state index in [0.717, 1.165) is 11.4 Å². The first-order valence-corrected chi connectivity index (χ1v) is 8.43. The standard InChI is InChI=1S/C18H18FN3OS/c1-18(23,14-7-9-15(19)10-8-14)12-20-17-22-21-16(24-17)11-13-5-3-2-4-6-13/h2-10,23H,11-12H2,1H3,(H,20,22). The number of rotatable bonds is 6. The van der Waals surface area contributed by atoms with Crippen LogP contribution in [0.2, 0.25) is 0 Å². The van der Waals surface area contributed by atoms with Gasteiger partial charge in [-0.05, 0) is 30.2 Å². The lowest BCUT2D eigenvalue weighted by Gasteiger charge is -2.23. The molecule has 124 valence electrons. The molecule has 2 N–H and O–H groups in total. The zero-order chi connectivity index (χ0) is 17.0. The van der Waals surface area contributed by atoms with Crippen LogP contribution in [0.1, 0.15) is 23.1 Å². The lowest BCUT2D eigenvalue weighted by Crippen LogP contribution is -2.30. The highest BCUT2D eigenvalue weighted by Gasteiger charge is 2.23. The Labute approximate surface area is 144 Å². The van der Waals surface area contributed by atoms with E-state index in [2.05, 4.69) is 15.5 Å². The summed E-state index contributed by atoms with van der Waals surface area (Å²) in [5.74, 6) is -0.322. The number of hydrogen-bond acceptors (Lipinski definition) is 5. The van der Waals surface area contributed by atoms with Crippen molar-refractivity contribution in [3.8, 4) is 0 Å². The van der Waals surface area contributed by atoms with Crippen LogP contribution in [0.5, 0.6) is 0 Å². The molecule has 1 heterocycles. The minimum absolute atomic E-state index is 0.263. The van der Waals surface area contributed by atoms with Gasteiger partial charge in [0.05, 0.1) is 0 Å². The van der Waals surface area contributed by atoms with Gasteiger partial charge in [-0.3, -0.25) is 0 Å². The number of halogens is 1. The van der Waals surface area contributed by atoms with Crippen LogP contribution >= 0.6 is 11.3 Å². The van der Waals surface area contributed by atoms with Gasteiger partial charge in [0.25, 0.3) is 0 Å². The third-order valence-corrected chi connectivity index (χ3v) is 4.60. The van der Waals surface area contributed by atoms with Crippen LogP contribution in [0.4, 0.5) is 9.52 Å². The van der Waals surface area contributed by atoms with E-state index >= 15 is 0 Å². The van der Waals surface area contributed by atoms with Gasteiger partial charge in [-0.1, -0.05) is 53.8 Å². The number of aliphatic hydroxyl groups is 1. The van der Waals surface area contributed by atoms with Crippen LogP contribution in [0.15, 0.2) is 54.6 Å². The lowest BCUT2D eigenvalue weighted by molar-refractivity contribution is 0.0714. The van der Waals surface area contributed by atoms with E-state index in [0.29, 0.717) is 10.7 Å². The van der Waals surface area contributed by atoms with Gasteiger partial charge >= 0.3 is 0 Å². The van der Waals surface area contributed by atoms with Crippen molar-refractivity contribution < 1.29 is 9.50 Å². The van der Waals surface area contributed by atoms with Crippen LogP contribution in [0, 0.1) is 5.82 Å². The number of nitrogens with zero attached hydrogens (tertiary/aromatic N) is 2. The molecular formula is C18H18FN3OS. The molecule has 3 aromatic rings. The monoisotopic (exact) mass is 343 g/mol. The Bertz CT molecular complexity index is 788. The summed E-state index contributed by atoms with van der Waals surface area (Å²) in [6.07, 6.45) is 0.731. The van der Waals surface area contributed by atoms with E-state index in [9.17, 15) is 9.50 Å². The summed E-state index contributed by atoms with van der Waals surface area (Å²) in [5, 5.41) is 23.5. The highest BCUT2D eigenvalue weighted by Crippen LogP contribution is 2.24. The Kier molecular flexibility index (Phi) is 4.87. The number of anilines is 1. The molecule has 0 radical (unpaired) electrons. The maximum atomic E-state index is 13.0. The largest absolute Gasteiger partial charge is 0.384 e. The summed E-state index contributed by atoms with van der Waals surface area (Å²) >= 11 is 1.46. The first-order valence-electron chi connectivity index (χ1n) is 7.61. The van der Waals surface area contributed by atoms with Gasteiger partial charge in [0, 0.05) is 13.0 Å². The average Bonchev–Trinajstić information content (AvgIpc) is 3.02. The zero-order valence-corrected chi connectivity index (χ0v) is 14.1. The number of hydrogen-bond donors (Lipinski definition) is 2. The topological polar surface area (TPSA) is 58.0 Å². The summed E-state index contributed by atoms with van der Waals surface area (Å²) in [5.41, 5.74) is 0.697. The van der Waals surface area contributed by atoms with Gasteiger partial charge in [0.1, 0.15) is 16.4 Å². The normalized spacial score (nSPS) is 13.5. The van der Waals surface area contributed by atoms with Gasteiger partial charge in [0.15, 0.2) is 0 Å². The highest BCUT2D eigenvalue weighted by atomic mass is 32.1. The second-order valence-electron chi connectivity index (χ2n) is 5.80. The molecule has 1 unspecified atom stereocenters. The molecule has 1 atom stereocenters. The van der Waals surface area contributed by atoms with Gasteiger partial charge < -0.3 is 10.4 Å². The van der Waals surface area contributed by atoms with Crippen molar-refractivity contribution in [2.45, 2.75) is 18.9 Å². The van der Waals surface area contributed by atoms with Crippen LogP contribution in [-0.4, -0.2) is 21.8 Å². The maximum Gasteiger partial charge on any atom is 0.205 e. The quantitative estimate of drug-likeness (QED) is 0.718. The Hall–Kier alpha value is -2.31. The Morgan fingerprint density at radius 2 is 1.79 bits per heavy atom. The highest BCUT2D eigenvalue weighted by molar-refractivity contribution is 7.15. The third-order valence-electron chi connectivity index (χ3n) is 3.71. The minimum Gasteiger partial charge on any atom is -0.384 e. The fourth-order valence-corrected chi connectivity index (χ4v) is 3.10. The van der Waals surface area contributed by atoms with Gasteiger partial charge in [-0.2, -0.15) is 0 Å². The number of benzene rings is 2. The molecule has 0 aliphatic rings. The maximum absolute atomic E-state index is 13.0. The minimum atomic E-state index is -1.13. The second-order valence-corrected chi connectivity index (χ2v) is 6.86. The molecule has 24 heavy (non-hydrogen) atoms. The van der Waals surface area contributed by atoms with Crippen LogP contribution in [0.3, 0.4) is 0 Å². The van der Waals surface area contributed by atoms with Crippen molar-refractivity contribution >= 4 is 16.5 Å². The molecule has 0 bridgehead atoms. The summed E-state index contributed by atoms with van der Waals surface area (Å²) in [6, 6.07) is 15.9. The first-order chi connectivity index (χ1) is 11.5. The smallest absolute Gasteiger partial charge is 0.205 e. The van der Waals surface area contributed by atoms with Crippen molar-refractivity contribution in [1.29, 1.82) is 0 Å². The average molecular weight is 343 g/mol. The Morgan fingerprint density at radius 1 is 1.08 bits per heavy atom. The molecule has 0 saturated carbocycles. The molecule has 0 spiro atoms.